The number of hydrogen-bond acceptors (Lipinski definition) is 4. The van der Waals surface area contributed by atoms with Crippen molar-refractivity contribution in [3.63, 3.8) is 0 Å². The molecule has 29 heavy (non-hydrogen) atoms. The lowest BCUT2D eigenvalue weighted by molar-refractivity contribution is -0.385. The second-order valence-corrected chi connectivity index (χ2v) is 8.03. The van der Waals surface area contributed by atoms with Crippen LogP contribution >= 0.6 is 0 Å². The molecule has 0 aromatic heterocycles. The van der Waals surface area contributed by atoms with Crippen LogP contribution in [-0.4, -0.2) is 17.2 Å². The maximum absolute atomic E-state index is 13.3. The molecule has 0 bridgehead atoms. The zero-order valence-corrected chi connectivity index (χ0v) is 16.3. The smallest absolute Gasteiger partial charge is 0.416 e. The molecule has 0 aliphatic carbocycles. The Labute approximate surface area is 166 Å². The third-order valence-electron chi connectivity index (χ3n) is 6.28. The summed E-state index contributed by atoms with van der Waals surface area (Å²) in [7, 11) is 0. The lowest BCUT2D eigenvalue weighted by atomic mass is 9.73. The van der Waals surface area contributed by atoms with Crippen molar-refractivity contribution < 1.29 is 22.8 Å². The van der Waals surface area contributed by atoms with Gasteiger partial charge in [0.25, 0.3) is 5.69 Å². The van der Waals surface area contributed by atoms with Gasteiger partial charge in [0, 0.05) is 36.3 Å². The predicted molar refractivity (Wildman–Crippen MR) is 102 cm³/mol. The monoisotopic (exact) mass is 406 g/mol. The van der Waals surface area contributed by atoms with E-state index in [0.717, 1.165) is 17.3 Å². The first-order valence-electron chi connectivity index (χ1n) is 9.47. The quantitative estimate of drug-likeness (QED) is 0.491. The van der Waals surface area contributed by atoms with E-state index in [1.807, 2.05) is 25.7 Å². The molecule has 1 spiro atoms. The Morgan fingerprint density at radius 2 is 1.93 bits per heavy atom. The minimum absolute atomic E-state index is 0.000523. The first-order valence-corrected chi connectivity index (χ1v) is 9.47. The number of anilines is 1. The van der Waals surface area contributed by atoms with Crippen molar-refractivity contribution in [3.8, 4) is 5.75 Å². The zero-order chi connectivity index (χ0) is 21.2. The Kier molecular flexibility index (Phi) is 4.12. The highest BCUT2D eigenvalue weighted by Gasteiger charge is 2.60. The third kappa shape index (κ3) is 2.68. The Hall–Kier alpha value is -2.77. The number of fused-ring (bicyclic) bond motifs is 2. The second-order valence-electron chi connectivity index (χ2n) is 8.03. The van der Waals surface area contributed by atoms with Gasteiger partial charge >= 0.3 is 6.18 Å². The number of halogens is 3. The van der Waals surface area contributed by atoms with E-state index in [4.69, 9.17) is 4.74 Å². The van der Waals surface area contributed by atoms with Gasteiger partial charge in [-0.3, -0.25) is 10.1 Å². The molecule has 0 saturated carbocycles. The number of hydrogen-bond donors (Lipinski definition) is 0. The van der Waals surface area contributed by atoms with Gasteiger partial charge in [-0.2, -0.15) is 13.2 Å². The molecule has 0 amide bonds. The highest BCUT2D eigenvalue weighted by atomic mass is 19.4. The van der Waals surface area contributed by atoms with Crippen molar-refractivity contribution in [1.82, 2.24) is 0 Å². The van der Waals surface area contributed by atoms with Gasteiger partial charge in [0.15, 0.2) is 5.72 Å². The predicted octanol–water partition coefficient (Wildman–Crippen LogP) is 5.45. The average molecular weight is 406 g/mol. The number of non-ortho nitro benzene ring substituents is 1. The maximum Gasteiger partial charge on any atom is 0.416 e. The lowest BCUT2D eigenvalue weighted by Crippen LogP contribution is -2.61. The molecule has 0 saturated heterocycles. The van der Waals surface area contributed by atoms with Crippen molar-refractivity contribution in [2.45, 2.75) is 50.9 Å². The van der Waals surface area contributed by atoms with Crippen molar-refractivity contribution in [3.05, 3.63) is 63.2 Å². The largest absolute Gasteiger partial charge is 0.467 e. The minimum Gasteiger partial charge on any atom is -0.467 e. The Balaban J connectivity index is 1.82. The number of nitro benzene ring substituents is 1. The average Bonchev–Trinajstić information content (AvgIpc) is 2.83. The molecule has 154 valence electrons. The summed E-state index contributed by atoms with van der Waals surface area (Å²) in [6, 6.07) is 8.34. The van der Waals surface area contributed by atoms with Crippen molar-refractivity contribution in [1.29, 1.82) is 0 Å². The Morgan fingerprint density at radius 3 is 2.55 bits per heavy atom. The summed E-state index contributed by atoms with van der Waals surface area (Å²) >= 11 is 0. The molecular weight excluding hydrogens is 385 g/mol. The molecule has 0 radical (unpaired) electrons. The van der Waals surface area contributed by atoms with Crippen LogP contribution in [0.15, 0.2) is 36.4 Å². The van der Waals surface area contributed by atoms with E-state index in [-0.39, 0.29) is 5.69 Å². The molecule has 5 nitrogen and oxygen atoms in total. The topological polar surface area (TPSA) is 55.6 Å². The summed E-state index contributed by atoms with van der Waals surface area (Å²) in [5.41, 5.74) is -0.195. The third-order valence-corrected chi connectivity index (χ3v) is 6.28. The van der Waals surface area contributed by atoms with Crippen molar-refractivity contribution >= 4 is 11.4 Å². The van der Waals surface area contributed by atoms with Gasteiger partial charge in [-0.1, -0.05) is 0 Å². The van der Waals surface area contributed by atoms with Gasteiger partial charge in [0.2, 0.25) is 0 Å². The van der Waals surface area contributed by atoms with E-state index < -0.39 is 27.8 Å². The molecule has 8 heteroatoms. The standard InChI is InChI=1S/C21H21F3N2O3/c1-4-25-17-7-5-14(21(22,23)24)12-16(17)19(2,3)20(25)10-9-13-11-15(26(27)28)6-8-18(13)29-20/h5-8,11-12H,4,9-10H2,1-3H3. The number of nitro groups is 1. The van der Waals surface area contributed by atoms with Crippen LogP contribution in [0.5, 0.6) is 5.75 Å². The highest BCUT2D eigenvalue weighted by Crippen LogP contribution is 2.56. The molecule has 1 unspecified atom stereocenters. The van der Waals surface area contributed by atoms with Gasteiger partial charge < -0.3 is 9.64 Å². The number of rotatable bonds is 2. The number of alkyl halides is 3. The Bertz CT molecular complexity index is 1000. The molecule has 2 aliphatic rings. The summed E-state index contributed by atoms with van der Waals surface area (Å²) in [5, 5.41) is 11.1. The van der Waals surface area contributed by atoms with Crippen LogP contribution in [0.1, 0.15) is 43.9 Å². The van der Waals surface area contributed by atoms with Crippen LogP contribution in [0.4, 0.5) is 24.5 Å². The fourth-order valence-corrected chi connectivity index (χ4v) is 4.76. The molecule has 0 fully saturated rings. The van der Waals surface area contributed by atoms with E-state index in [9.17, 15) is 23.3 Å². The fourth-order valence-electron chi connectivity index (χ4n) is 4.76. The number of aryl methyl sites for hydroxylation is 1. The number of benzene rings is 2. The van der Waals surface area contributed by atoms with Crippen LogP contribution < -0.4 is 9.64 Å². The molecule has 2 aromatic rings. The first-order chi connectivity index (χ1) is 13.5. The van der Waals surface area contributed by atoms with Crippen LogP contribution in [-0.2, 0) is 18.0 Å². The minimum atomic E-state index is -4.42. The normalized spacial score (nSPS) is 22.2. The molecular formula is C21H21F3N2O3. The molecule has 2 aliphatic heterocycles. The summed E-state index contributed by atoms with van der Waals surface area (Å²) in [6.45, 7) is 6.31. The van der Waals surface area contributed by atoms with Crippen LogP contribution in [0, 0.1) is 10.1 Å². The molecule has 1 atom stereocenters. The first kappa shape index (κ1) is 19.5. The van der Waals surface area contributed by atoms with Crippen LogP contribution in [0.3, 0.4) is 0 Å². The SMILES string of the molecule is CCN1c2ccc(C(F)(F)F)cc2C(C)(C)C12CCc1cc([N+](=O)[O-])ccc1O2. The fraction of sp³-hybridized carbons (Fsp3) is 0.429. The second kappa shape index (κ2) is 6.11. The van der Waals surface area contributed by atoms with Crippen molar-refractivity contribution in [2.75, 3.05) is 11.4 Å². The van der Waals surface area contributed by atoms with E-state index >= 15 is 0 Å². The highest BCUT2D eigenvalue weighted by molar-refractivity contribution is 5.67. The number of likely N-dealkylation sites (N-methyl/N-ethyl adjacent to an activating group) is 1. The van der Waals surface area contributed by atoms with Gasteiger partial charge in [-0.05, 0) is 57.0 Å². The van der Waals surface area contributed by atoms with Gasteiger partial charge in [0.1, 0.15) is 5.75 Å². The van der Waals surface area contributed by atoms with Crippen LogP contribution in [0.25, 0.3) is 0 Å². The number of nitrogens with zero attached hydrogens (tertiary/aromatic N) is 2. The van der Waals surface area contributed by atoms with E-state index in [1.54, 1.807) is 6.07 Å². The van der Waals surface area contributed by atoms with Crippen LogP contribution in [0.2, 0.25) is 0 Å². The molecule has 4 rings (SSSR count). The van der Waals surface area contributed by atoms with Crippen molar-refractivity contribution in [2.24, 2.45) is 0 Å². The molecule has 0 N–H and O–H groups in total. The molecule has 2 aromatic carbocycles. The maximum atomic E-state index is 13.3. The Morgan fingerprint density at radius 1 is 1.21 bits per heavy atom. The summed E-state index contributed by atoms with van der Waals surface area (Å²) < 4.78 is 46.4. The van der Waals surface area contributed by atoms with Gasteiger partial charge in [-0.25, -0.2) is 0 Å². The summed E-state index contributed by atoms with van der Waals surface area (Å²) in [4.78, 5) is 12.6. The van der Waals surface area contributed by atoms with E-state index in [1.165, 1.54) is 24.3 Å². The number of ether oxygens (including phenoxy) is 1. The van der Waals surface area contributed by atoms with E-state index in [0.29, 0.717) is 30.7 Å². The van der Waals surface area contributed by atoms with Gasteiger partial charge in [0.05, 0.1) is 15.9 Å². The summed E-state index contributed by atoms with van der Waals surface area (Å²) in [6.07, 6.45) is -3.37. The van der Waals surface area contributed by atoms with Gasteiger partial charge in [-0.15, -0.1) is 0 Å². The lowest BCUT2D eigenvalue weighted by Gasteiger charge is -2.49. The van der Waals surface area contributed by atoms with E-state index in [2.05, 4.69) is 0 Å². The zero-order valence-electron chi connectivity index (χ0n) is 16.3. The summed E-state index contributed by atoms with van der Waals surface area (Å²) in [5.74, 6) is 0.539. The molecule has 2 heterocycles.